The van der Waals surface area contributed by atoms with E-state index in [9.17, 15) is 4.79 Å². The summed E-state index contributed by atoms with van der Waals surface area (Å²) in [4.78, 5) is 22.1. The van der Waals surface area contributed by atoms with E-state index in [-0.39, 0.29) is 5.78 Å². The summed E-state index contributed by atoms with van der Waals surface area (Å²) in [6.07, 6.45) is 1.56. The van der Waals surface area contributed by atoms with Gasteiger partial charge < -0.3 is 5.32 Å². The van der Waals surface area contributed by atoms with Gasteiger partial charge >= 0.3 is 0 Å². The fourth-order valence-electron chi connectivity index (χ4n) is 3.51. The Morgan fingerprint density at radius 1 is 0.846 bits per heavy atom. The second-order valence-corrected chi connectivity index (χ2v) is 6.47. The van der Waals surface area contributed by atoms with Gasteiger partial charge in [0.15, 0.2) is 5.78 Å². The van der Waals surface area contributed by atoms with Gasteiger partial charge in [0.1, 0.15) is 6.33 Å². The molecule has 0 spiro atoms. The number of fused-ring (bicyclic) bond motifs is 2. The number of nitrogens with zero attached hydrogens (tertiary/aromatic N) is 2. The van der Waals surface area contributed by atoms with Crippen LogP contribution < -0.4 is 5.32 Å². The second-order valence-electron chi connectivity index (χ2n) is 6.47. The van der Waals surface area contributed by atoms with Gasteiger partial charge in [-0.2, -0.15) is 0 Å². The molecular formula is C22H15N3O. The summed E-state index contributed by atoms with van der Waals surface area (Å²) in [5, 5.41) is 4.20. The third kappa shape index (κ3) is 2.12. The number of ketones is 1. The molecule has 0 saturated heterocycles. The van der Waals surface area contributed by atoms with Gasteiger partial charge in [-0.05, 0) is 31.2 Å². The zero-order valence-electron chi connectivity index (χ0n) is 14.2. The predicted octanol–water partition coefficient (Wildman–Crippen LogP) is 4.89. The van der Waals surface area contributed by atoms with Crippen LogP contribution in [0, 0.1) is 6.92 Å². The van der Waals surface area contributed by atoms with Gasteiger partial charge in [0, 0.05) is 22.2 Å². The Morgan fingerprint density at radius 3 is 2.42 bits per heavy atom. The first-order valence-corrected chi connectivity index (χ1v) is 8.48. The summed E-state index contributed by atoms with van der Waals surface area (Å²) in [6, 6.07) is 19.6. The topological polar surface area (TPSA) is 54.9 Å². The number of aryl methyl sites for hydroxylation is 1. The van der Waals surface area contributed by atoms with Gasteiger partial charge in [-0.3, -0.25) is 4.79 Å². The summed E-state index contributed by atoms with van der Waals surface area (Å²) in [5.41, 5.74) is 6.68. The van der Waals surface area contributed by atoms with Crippen LogP contribution in [-0.4, -0.2) is 15.8 Å². The number of anilines is 2. The molecule has 4 nitrogen and oxygen atoms in total. The summed E-state index contributed by atoms with van der Waals surface area (Å²) in [7, 11) is 0. The van der Waals surface area contributed by atoms with E-state index in [1.165, 1.54) is 5.56 Å². The molecule has 0 fully saturated rings. The SMILES string of the molecule is Cc1ccc(Nc2ccc3ncnc4c3c2C(=O)c2ccccc2-4)cc1. The van der Waals surface area contributed by atoms with Crippen molar-refractivity contribution in [2.75, 3.05) is 5.32 Å². The summed E-state index contributed by atoms with van der Waals surface area (Å²) >= 11 is 0. The Morgan fingerprint density at radius 2 is 1.62 bits per heavy atom. The number of hydrogen-bond acceptors (Lipinski definition) is 4. The highest BCUT2D eigenvalue weighted by Crippen LogP contribution is 2.40. The first-order valence-electron chi connectivity index (χ1n) is 8.48. The predicted molar refractivity (Wildman–Crippen MR) is 103 cm³/mol. The van der Waals surface area contributed by atoms with Gasteiger partial charge in [0.05, 0.1) is 22.5 Å². The Bertz CT molecular complexity index is 1180. The Balaban J connectivity index is 1.78. The average molecular weight is 337 g/mol. The molecule has 0 saturated carbocycles. The molecule has 0 bridgehead atoms. The lowest BCUT2D eigenvalue weighted by Gasteiger charge is -2.21. The second kappa shape index (κ2) is 5.49. The molecule has 1 N–H and O–H groups in total. The number of aromatic nitrogens is 2. The number of nitrogens with one attached hydrogen (secondary N) is 1. The molecule has 26 heavy (non-hydrogen) atoms. The van der Waals surface area contributed by atoms with E-state index in [0.29, 0.717) is 11.1 Å². The molecule has 1 aliphatic carbocycles. The average Bonchev–Trinajstić information content (AvgIpc) is 2.68. The highest BCUT2D eigenvalue weighted by molar-refractivity contribution is 6.27. The van der Waals surface area contributed by atoms with Crippen LogP contribution in [-0.2, 0) is 0 Å². The molecule has 0 unspecified atom stereocenters. The van der Waals surface area contributed by atoms with Gasteiger partial charge in [-0.15, -0.1) is 0 Å². The fraction of sp³-hybridized carbons (Fsp3) is 0.0455. The lowest BCUT2D eigenvalue weighted by atomic mass is 9.86. The van der Waals surface area contributed by atoms with E-state index in [2.05, 4.69) is 15.3 Å². The van der Waals surface area contributed by atoms with Crippen LogP contribution in [0.15, 0.2) is 67.0 Å². The molecule has 124 valence electrons. The maximum atomic E-state index is 13.3. The Hall–Kier alpha value is -3.53. The van der Waals surface area contributed by atoms with Crippen molar-refractivity contribution in [3.8, 4) is 11.3 Å². The normalized spacial score (nSPS) is 12.1. The van der Waals surface area contributed by atoms with Crippen LogP contribution in [0.4, 0.5) is 11.4 Å². The smallest absolute Gasteiger partial charge is 0.196 e. The van der Waals surface area contributed by atoms with Crippen LogP contribution in [0.5, 0.6) is 0 Å². The molecule has 5 rings (SSSR count). The Labute approximate surface area is 150 Å². The molecule has 0 aliphatic heterocycles. The molecule has 0 atom stereocenters. The monoisotopic (exact) mass is 337 g/mol. The minimum atomic E-state index is 0.00288. The summed E-state index contributed by atoms with van der Waals surface area (Å²) in [5.74, 6) is 0.00288. The van der Waals surface area contributed by atoms with E-state index < -0.39 is 0 Å². The first kappa shape index (κ1) is 14.8. The maximum Gasteiger partial charge on any atom is 0.196 e. The van der Waals surface area contributed by atoms with Gasteiger partial charge in [0.2, 0.25) is 0 Å². The molecular weight excluding hydrogens is 322 g/mol. The van der Waals surface area contributed by atoms with Crippen molar-refractivity contribution >= 4 is 28.1 Å². The summed E-state index contributed by atoms with van der Waals surface area (Å²) in [6.45, 7) is 2.05. The Kier molecular flexibility index (Phi) is 3.12. The van der Waals surface area contributed by atoms with Crippen LogP contribution in [0.2, 0.25) is 0 Å². The highest BCUT2D eigenvalue weighted by Gasteiger charge is 2.28. The molecule has 0 radical (unpaired) electrons. The van der Waals surface area contributed by atoms with Gasteiger partial charge in [0.25, 0.3) is 0 Å². The minimum absolute atomic E-state index is 0.00288. The third-order valence-electron chi connectivity index (χ3n) is 4.79. The molecule has 1 aromatic heterocycles. The van der Waals surface area contributed by atoms with Crippen molar-refractivity contribution in [1.29, 1.82) is 0 Å². The molecule has 3 aromatic carbocycles. The van der Waals surface area contributed by atoms with E-state index >= 15 is 0 Å². The lowest BCUT2D eigenvalue weighted by molar-refractivity contribution is 0.104. The van der Waals surface area contributed by atoms with Crippen molar-refractivity contribution < 1.29 is 4.79 Å². The van der Waals surface area contributed by atoms with Crippen molar-refractivity contribution in [2.45, 2.75) is 6.92 Å². The molecule has 4 aromatic rings. The fourth-order valence-corrected chi connectivity index (χ4v) is 3.51. The third-order valence-corrected chi connectivity index (χ3v) is 4.79. The standard InChI is InChI=1S/C22H15N3O/c1-13-6-8-14(9-7-13)25-18-11-10-17-19-20(18)22(26)16-5-3-2-4-15(16)21(19)24-12-23-17/h2-12,25H,1H3. The van der Waals surface area contributed by atoms with Crippen LogP contribution >= 0.6 is 0 Å². The number of benzene rings is 3. The maximum absolute atomic E-state index is 13.3. The van der Waals surface area contributed by atoms with Crippen molar-refractivity contribution in [2.24, 2.45) is 0 Å². The molecule has 0 amide bonds. The van der Waals surface area contributed by atoms with E-state index in [4.69, 9.17) is 0 Å². The van der Waals surface area contributed by atoms with Crippen LogP contribution in [0.1, 0.15) is 21.5 Å². The van der Waals surface area contributed by atoms with E-state index in [0.717, 1.165) is 33.5 Å². The van der Waals surface area contributed by atoms with Crippen molar-refractivity contribution in [3.63, 3.8) is 0 Å². The summed E-state index contributed by atoms with van der Waals surface area (Å²) < 4.78 is 0. The molecule has 4 heteroatoms. The molecule has 1 heterocycles. The minimum Gasteiger partial charge on any atom is -0.355 e. The van der Waals surface area contributed by atoms with Crippen LogP contribution in [0.3, 0.4) is 0 Å². The quantitative estimate of drug-likeness (QED) is 0.498. The number of rotatable bonds is 2. The zero-order chi connectivity index (χ0) is 17.7. The number of carbonyl (C=O) groups excluding carboxylic acids is 1. The van der Waals surface area contributed by atoms with Gasteiger partial charge in [-0.25, -0.2) is 9.97 Å². The largest absolute Gasteiger partial charge is 0.355 e. The number of hydrogen-bond donors (Lipinski definition) is 1. The highest BCUT2D eigenvalue weighted by atomic mass is 16.1. The van der Waals surface area contributed by atoms with E-state index in [1.54, 1.807) is 6.33 Å². The van der Waals surface area contributed by atoms with Crippen molar-refractivity contribution in [3.05, 3.63) is 83.7 Å². The van der Waals surface area contributed by atoms with Crippen LogP contribution in [0.25, 0.3) is 22.2 Å². The zero-order valence-corrected chi connectivity index (χ0v) is 14.2. The van der Waals surface area contributed by atoms with Gasteiger partial charge in [-0.1, -0.05) is 42.0 Å². The van der Waals surface area contributed by atoms with E-state index in [1.807, 2.05) is 67.6 Å². The molecule has 1 aliphatic rings. The number of carbonyl (C=O) groups is 1. The first-order chi connectivity index (χ1) is 12.7. The lowest BCUT2D eigenvalue weighted by Crippen LogP contribution is -2.13. The van der Waals surface area contributed by atoms with Crippen molar-refractivity contribution in [1.82, 2.24) is 9.97 Å².